The maximum Gasteiger partial charge on any atom is 0.287 e. The highest BCUT2D eigenvalue weighted by Crippen LogP contribution is 2.24. The van der Waals surface area contributed by atoms with E-state index in [1.807, 2.05) is 6.07 Å². The van der Waals surface area contributed by atoms with E-state index in [-0.39, 0.29) is 35.1 Å². The Balaban J connectivity index is 1.56. The van der Waals surface area contributed by atoms with Crippen molar-refractivity contribution in [2.45, 2.75) is 5.75 Å². The minimum Gasteiger partial charge on any atom is -0.451 e. The molecule has 0 saturated carbocycles. The fraction of sp³-hybridized carbons (Fsp3) is 0.150. The van der Waals surface area contributed by atoms with Gasteiger partial charge < -0.3 is 9.73 Å². The van der Waals surface area contributed by atoms with E-state index in [1.54, 1.807) is 42.5 Å². The Bertz CT molecular complexity index is 1030. The predicted molar refractivity (Wildman–Crippen MR) is 100 cm³/mol. The molecule has 3 rings (SSSR count). The molecule has 27 heavy (non-hydrogen) atoms. The minimum absolute atomic E-state index is 0.00582. The van der Waals surface area contributed by atoms with Crippen molar-refractivity contribution >= 4 is 15.7 Å². The maximum absolute atomic E-state index is 13.8. The molecule has 7 heteroatoms. The number of hydrogen-bond donors (Lipinski definition) is 1. The summed E-state index contributed by atoms with van der Waals surface area (Å²) in [5, 5.41) is 2.51. The van der Waals surface area contributed by atoms with Crippen molar-refractivity contribution in [2.75, 3.05) is 12.3 Å². The number of halogens is 1. The molecule has 0 bridgehead atoms. The summed E-state index contributed by atoms with van der Waals surface area (Å²) in [6.07, 6.45) is 0. The zero-order valence-electron chi connectivity index (χ0n) is 14.4. The molecule has 0 aliphatic heterocycles. The lowest BCUT2D eigenvalue weighted by Crippen LogP contribution is -2.29. The average molecular weight is 387 g/mol. The molecule has 0 radical (unpaired) electrons. The quantitative estimate of drug-likeness (QED) is 0.674. The van der Waals surface area contributed by atoms with Crippen LogP contribution in [0.3, 0.4) is 0 Å². The number of sulfone groups is 1. The van der Waals surface area contributed by atoms with Gasteiger partial charge in [0.15, 0.2) is 15.6 Å². The van der Waals surface area contributed by atoms with Crippen LogP contribution in [0.25, 0.3) is 11.3 Å². The van der Waals surface area contributed by atoms with Crippen LogP contribution < -0.4 is 5.32 Å². The summed E-state index contributed by atoms with van der Waals surface area (Å²) in [7, 11) is -3.35. The highest BCUT2D eigenvalue weighted by molar-refractivity contribution is 7.90. The van der Waals surface area contributed by atoms with Crippen LogP contribution in [0.1, 0.15) is 16.1 Å². The number of furan rings is 1. The molecule has 1 heterocycles. The van der Waals surface area contributed by atoms with Gasteiger partial charge in [-0.15, -0.1) is 0 Å². The largest absolute Gasteiger partial charge is 0.451 e. The Morgan fingerprint density at radius 3 is 2.41 bits per heavy atom. The van der Waals surface area contributed by atoms with Gasteiger partial charge in [0.1, 0.15) is 11.6 Å². The fourth-order valence-corrected chi connectivity index (χ4v) is 3.83. The number of amides is 1. The smallest absolute Gasteiger partial charge is 0.287 e. The second-order valence-electron chi connectivity index (χ2n) is 5.98. The molecule has 1 amide bonds. The van der Waals surface area contributed by atoms with E-state index in [2.05, 4.69) is 5.32 Å². The predicted octanol–water partition coefficient (Wildman–Crippen LogP) is 3.43. The lowest BCUT2D eigenvalue weighted by molar-refractivity contribution is 0.0929. The SMILES string of the molecule is O=C(NCCS(=O)(=O)Cc1ccccc1)c1ccc(-c2ccccc2F)o1. The highest BCUT2D eigenvalue weighted by atomic mass is 32.2. The van der Waals surface area contributed by atoms with E-state index in [4.69, 9.17) is 4.42 Å². The van der Waals surface area contributed by atoms with E-state index in [0.29, 0.717) is 5.56 Å². The molecule has 0 aliphatic rings. The van der Waals surface area contributed by atoms with Crippen molar-refractivity contribution in [1.29, 1.82) is 0 Å². The normalized spacial score (nSPS) is 11.3. The zero-order chi connectivity index (χ0) is 19.3. The van der Waals surface area contributed by atoms with Crippen LogP contribution in [0.15, 0.2) is 71.1 Å². The Kier molecular flexibility index (Phi) is 5.71. The summed E-state index contributed by atoms with van der Waals surface area (Å²) in [5.41, 5.74) is 0.950. The summed E-state index contributed by atoms with van der Waals surface area (Å²) in [4.78, 5) is 12.1. The van der Waals surface area contributed by atoms with Crippen molar-refractivity contribution in [3.05, 3.63) is 83.9 Å². The summed E-state index contributed by atoms with van der Waals surface area (Å²) in [6.45, 7) is -0.0380. The van der Waals surface area contributed by atoms with Crippen molar-refractivity contribution in [3.63, 3.8) is 0 Å². The standard InChI is InChI=1S/C20H18FNO4S/c21-17-9-5-4-8-16(17)18-10-11-19(26-18)20(23)22-12-13-27(24,25)14-15-6-2-1-3-7-15/h1-11H,12-14H2,(H,22,23). The van der Waals surface area contributed by atoms with Gasteiger partial charge in [-0.2, -0.15) is 0 Å². The Morgan fingerprint density at radius 1 is 0.963 bits per heavy atom. The van der Waals surface area contributed by atoms with Gasteiger partial charge in [-0.25, -0.2) is 12.8 Å². The van der Waals surface area contributed by atoms with Gasteiger partial charge >= 0.3 is 0 Å². The van der Waals surface area contributed by atoms with Crippen LogP contribution in [0, 0.1) is 5.82 Å². The Hall–Kier alpha value is -2.93. The molecule has 0 unspecified atom stereocenters. The zero-order valence-corrected chi connectivity index (χ0v) is 15.2. The molecular weight excluding hydrogens is 369 g/mol. The fourth-order valence-electron chi connectivity index (χ4n) is 2.57. The number of carbonyl (C=O) groups excluding carboxylic acids is 1. The number of nitrogens with one attached hydrogen (secondary N) is 1. The van der Waals surface area contributed by atoms with Gasteiger partial charge in [-0.05, 0) is 29.8 Å². The first-order valence-corrected chi connectivity index (χ1v) is 10.1. The van der Waals surface area contributed by atoms with Gasteiger partial charge in [-0.1, -0.05) is 42.5 Å². The lowest BCUT2D eigenvalue weighted by Gasteiger charge is -2.06. The molecule has 5 nitrogen and oxygen atoms in total. The van der Waals surface area contributed by atoms with Crippen LogP contribution in [0.4, 0.5) is 4.39 Å². The maximum atomic E-state index is 13.8. The van der Waals surface area contributed by atoms with Crippen molar-refractivity contribution < 1.29 is 22.0 Å². The van der Waals surface area contributed by atoms with Gasteiger partial charge in [-0.3, -0.25) is 4.79 Å². The third-order valence-corrected chi connectivity index (χ3v) is 5.50. The summed E-state index contributed by atoms with van der Waals surface area (Å²) >= 11 is 0. The molecule has 1 N–H and O–H groups in total. The molecule has 0 aliphatic carbocycles. The lowest BCUT2D eigenvalue weighted by atomic mass is 10.1. The number of carbonyl (C=O) groups is 1. The molecule has 2 aromatic carbocycles. The number of benzene rings is 2. The first kappa shape index (κ1) is 18.8. The monoisotopic (exact) mass is 387 g/mol. The topological polar surface area (TPSA) is 76.4 Å². The second kappa shape index (κ2) is 8.18. The van der Waals surface area contributed by atoms with Crippen molar-refractivity contribution in [1.82, 2.24) is 5.32 Å². The van der Waals surface area contributed by atoms with E-state index in [0.717, 1.165) is 0 Å². The van der Waals surface area contributed by atoms with Crippen molar-refractivity contribution in [2.24, 2.45) is 0 Å². The van der Waals surface area contributed by atoms with E-state index < -0.39 is 21.6 Å². The van der Waals surface area contributed by atoms with Gasteiger partial charge in [0, 0.05) is 6.54 Å². The molecule has 0 spiro atoms. The molecule has 140 valence electrons. The summed E-state index contributed by atoms with van der Waals surface area (Å²) in [6, 6.07) is 17.8. The molecule has 0 atom stereocenters. The van der Waals surface area contributed by atoms with Crippen LogP contribution in [-0.4, -0.2) is 26.6 Å². The first-order valence-electron chi connectivity index (χ1n) is 8.32. The second-order valence-corrected chi connectivity index (χ2v) is 8.16. The molecule has 3 aromatic rings. The molecular formula is C20H18FNO4S. The van der Waals surface area contributed by atoms with E-state index >= 15 is 0 Å². The molecule has 0 fully saturated rings. The van der Waals surface area contributed by atoms with Gasteiger partial charge in [0.25, 0.3) is 5.91 Å². The van der Waals surface area contributed by atoms with Gasteiger partial charge in [0.05, 0.1) is 17.1 Å². The van der Waals surface area contributed by atoms with E-state index in [1.165, 1.54) is 18.2 Å². The van der Waals surface area contributed by atoms with E-state index in [9.17, 15) is 17.6 Å². The first-order chi connectivity index (χ1) is 12.9. The summed E-state index contributed by atoms with van der Waals surface area (Å²) < 4.78 is 43.4. The van der Waals surface area contributed by atoms with Crippen LogP contribution in [0.5, 0.6) is 0 Å². The average Bonchev–Trinajstić information content (AvgIpc) is 3.12. The third kappa shape index (κ3) is 5.04. The highest BCUT2D eigenvalue weighted by Gasteiger charge is 2.16. The summed E-state index contributed by atoms with van der Waals surface area (Å²) in [5.74, 6) is -1.04. The van der Waals surface area contributed by atoms with Gasteiger partial charge in [0.2, 0.25) is 0 Å². The van der Waals surface area contributed by atoms with Crippen molar-refractivity contribution in [3.8, 4) is 11.3 Å². The number of rotatable bonds is 7. The molecule has 0 saturated heterocycles. The molecule has 1 aromatic heterocycles. The van der Waals surface area contributed by atoms with Crippen LogP contribution in [0.2, 0.25) is 0 Å². The third-order valence-electron chi connectivity index (χ3n) is 3.90. The van der Waals surface area contributed by atoms with Crippen LogP contribution in [-0.2, 0) is 15.6 Å². The Morgan fingerprint density at radius 2 is 1.67 bits per heavy atom. The number of hydrogen-bond acceptors (Lipinski definition) is 4. The van der Waals surface area contributed by atoms with Crippen LogP contribution >= 0.6 is 0 Å². The minimum atomic E-state index is -3.35. The Labute approximate surface area is 156 Å².